The Morgan fingerprint density at radius 2 is 1.79 bits per heavy atom. The van der Waals surface area contributed by atoms with Gasteiger partial charge in [-0.3, -0.25) is 4.79 Å². The number of fused-ring (bicyclic) bond motifs is 1. The van der Waals surface area contributed by atoms with Crippen molar-refractivity contribution >= 4 is 28.8 Å². The second-order valence-corrected chi connectivity index (χ2v) is 4.94. The first kappa shape index (κ1) is 11.9. The second kappa shape index (κ2) is 4.21. The molecule has 2 aromatic carbocycles. The third kappa shape index (κ3) is 1.83. The number of rotatable bonds is 1. The Balaban J connectivity index is 2.18. The van der Waals surface area contributed by atoms with Crippen LogP contribution in [0.4, 0.5) is 5.69 Å². The molecule has 0 atom stereocenters. The molecule has 0 saturated carbocycles. The number of carbonyl (C=O) groups is 1. The highest BCUT2D eigenvalue weighted by molar-refractivity contribution is 6.52. The van der Waals surface area contributed by atoms with Crippen LogP contribution in [0.2, 0.25) is 5.02 Å². The Bertz CT molecular complexity index is 717. The van der Waals surface area contributed by atoms with Crippen LogP contribution in [0, 0.1) is 12.1 Å². The summed E-state index contributed by atoms with van der Waals surface area (Å²) in [6, 6.07) is 12.0. The van der Waals surface area contributed by atoms with Crippen molar-refractivity contribution in [3.05, 3.63) is 69.4 Å². The molecule has 4 heteroatoms. The maximum atomic E-state index is 12.3. The SMILES string of the molecule is Cc1ccc(C2=[N+]([O-])c3cc(Cl)ccc3C2=O)cc1. The van der Waals surface area contributed by atoms with Crippen molar-refractivity contribution in [3.63, 3.8) is 0 Å². The van der Waals surface area contributed by atoms with Gasteiger partial charge in [0.1, 0.15) is 5.56 Å². The molecular weight excluding hydrogens is 262 g/mol. The number of Topliss-reactive ketones (excluding diaryl/α,β-unsaturated/α-hetero) is 1. The summed E-state index contributed by atoms with van der Waals surface area (Å²) in [5.74, 6) is -0.259. The fourth-order valence-corrected chi connectivity index (χ4v) is 2.33. The quantitative estimate of drug-likeness (QED) is 0.589. The number of hydrogen-bond acceptors (Lipinski definition) is 2. The Hall–Kier alpha value is -2.13. The van der Waals surface area contributed by atoms with E-state index >= 15 is 0 Å². The molecule has 1 heterocycles. The Morgan fingerprint density at radius 3 is 2.47 bits per heavy atom. The molecule has 0 aromatic heterocycles. The lowest BCUT2D eigenvalue weighted by atomic mass is 10.0. The Morgan fingerprint density at radius 1 is 1.11 bits per heavy atom. The molecule has 0 saturated heterocycles. The number of nitrogens with zero attached hydrogens (tertiary/aromatic N) is 1. The van der Waals surface area contributed by atoms with Crippen LogP contribution in [0.25, 0.3) is 0 Å². The van der Waals surface area contributed by atoms with Crippen LogP contribution in [0.15, 0.2) is 42.5 Å². The van der Waals surface area contributed by atoms with Crippen molar-refractivity contribution < 1.29 is 9.53 Å². The lowest BCUT2D eigenvalue weighted by Gasteiger charge is -2.02. The van der Waals surface area contributed by atoms with E-state index in [1.54, 1.807) is 24.3 Å². The summed E-state index contributed by atoms with van der Waals surface area (Å²) < 4.78 is 0.661. The molecule has 94 valence electrons. The number of aryl methyl sites for hydroxylation is 1. The minimum absolute atomic E-state index is 0.150. The van der Waals surface area contributed by atoms with Gasteiger partial charge in [0.05, 0.1) is 5.56 Å². The maximum Gasteiger partial charge on any atom is 0.272 e. The molecule has 0 amide bonds. The van der Waals surface area contributed by atoms with E-state index in [0.29, 0.717) is 26.6 Å². The van der Waals surface area contributed by atoms with Crippen LogP contribution in [0.1, 0.15) is 21.5 Å². The van der Waals surface area contributed by atoms with Gasteiger partial charge in [0.25, 0.3) is 11.5 Å². The Kier molecular flexibility index (Phi) is 2.64. The lowest BCUT2D eigenvalue weighted by molar-refractivity contribution is -0.355. The smallest absolute Gasteiger partial charge is 0.272 e. The number of carbonyl (C=O) groups excluding carboxylic acids is 1. The number of benzene rings is 2. The van der Waals surface area contributed by atoms with E-state index in [9.17, 15) is 10.0 Å². The van der Waals surface area contributed by atoms with E-state index in [4.69, 9.17) is 11.6 Å². The van der Waals surface area contributed by atoms with E-state index in [2.05, 4.69) is 0 Å². The van der Waals surface area contributed by atoms with Crippen LogP contribution in [0.3, 0.4) is 0 Å². The van der Waals surface area contributed by atoms with Crippen molar-refractivity contribution in [3.8, 4) is 0 Å². The summed E-state index contributed by atoms with van der Waals surface area (Å²) >= 11 is 5.86. The van der Waals surface area contributed by atoms with Crippen molar-refractivity contribution in [1.29, 1.82) is 0 Å². The van der Waals surface area contributed by atoms with Gasteiger partial charge in [-0.05, 0) is 31.2 Å². The van der Waals surface area contributed by atoms with Gasteiger partial charge in [-0.2, -0.15) is 4.74 Å². The normalized spacial score (nSPS) is 13.9. The first-order chi connectivity index (χ1) is 9.08. The molecule has 2 aromatic rings. The van der Waals surface area contributed by atoms with Gasteiger partial charge in [-0.15, -0.1) is 0 Å². The number of halogens is 1. The third-order valence-corrected chi connectivity index (χ3v) is 3.40. The number of hydrogen-bond donors (Lipinski definition) is 0. The molecule has 19 heavy (non-hydrogen) atoms. The fourth-order valence-electron chi connectivity index (χ4n) is 2.16. The molecule has 1 aliphatic heterocycles. The van der Waals surface area contributed by atoms with Gasteiger partial charge in [0, 0.05) is 11.1 Å². The zero-order valence-corrected chi connectivity index (χ0v) is 10.9. The standard InChI is InChI=1S/C15H10ClNO2/c1-9-2-4-10(5-3-9)14-15(18)12-7-6-11(16)8-13(12)17(14)19/h2-8H,1H3. The average molecular weight is 272 g/mol. The monoisotopic (exact) mass is 271 g/mol. The third-order valence-electron chi connectivity index (χ3n) is 3.17. The van der Waals surface area contributed by atoms with E-state index in [0.717, 1.165) is 5.56 Å². The highest BCUT2D eigenvalue weighted by Crippen LogP contribution is 2.30. The zero-order chi connectivity index (χ0) is 13.6. The first-order valence-corrected chi connectivity index (χ1v) is 6.21. The van der Waals surface area contributed by atoms with Crippen molar-refractivity contribution in [2.45, 2.75) is 6.92 Å². The van der Waals surface area contributed by atoms with Crippen LogP contribution in [0.5, 0.6) is 0 Å². The van der Waals surface area contributed by atoms with Crippen LogP contribution >= 0.6 is 11.6 Å². The van der Waals surface area contributed by atoms with Gasteiger partial charge >= 0.3 is 0 Å². The zero-order valence-electron chi connectivity index (χ0n) is 10.2. The molecule has 0 N–H and O–H groups in total. The molecule has 0 fully saturated rings. The van der Waals surface area contributed by atoms with Gasteiger partial charge in [-0.25, -0.2) is 0 Å². The molecular formula is C15H10ClNO2. The average Bonchev–Trinajstić information content (AvgIpc) is 2.63. The summed E-state index contributed by atoms with van der Waals surface area (Å²) in [4.78, 5) is 12.3. The highest BCUT2D eigenvalue weighted by atomic mass is 35.5. The first-order valence-electron chi connectivity index (χ1n) is 5.83. The summed E-state index contributed by atoms with van der Waals surface area (Å²) in [5.41, 5.74) is 2.56. The van der Waals surface area contributed by atoms with E-state index < -0.39 is 0 Å². The maximum absolute atomic E-state index is 12.3. The van der Waals surface area contributed by atoms with Gasteiger partial charge in [0.15, 0.2) is 0 Å². The fraction of sp³-hybridized carbons (Fsp3) is 0.0667. The Labute approximate surface area is 115 Å². The van der Waals surface area contributed by atoms with E-state index in [-0.39, 0.29) is 11.5 Å². The predicted molar refractivity (Wildman–Crippen MR) is 74.4 cm³/mol. The minimum atomic E-state index is -0.259. The molecule has 0 radical (unpaired) electrons. The summed E-state index contributed by atoms with van der Waals surface area (Å²) in [7, 11) is 0. The van der Waals surface area contributed by atoms with E-state index in [1.165, 1.54) is 6.07 Å². The summed E-state index contributed by atoms with van der Waals surface area (Å²) in [6.07, 6.45) is 0. The molecule has 0 spiro atoms. The van der Waals surface area contributed by atoms with Crippen LogP contribution < -0.4 is 0 Å². The van der Waals surface area contributed by atoms with Crippen LogP contribution in [-0.2, 0) is 0 Å². The van der Waals surface area contributed by atoms with Gasteiger partial charge < -0.3 is 5.21 Å². The molecule has 0 bridgehead atoms. The van der Waals surface area contributed by atoms with Crippen LogP contribution in [-0.4, -0.2) is 16.2 Å². The van der Waals surface area contributed by atoms with Crippen molar-refractivity contribution in [1.82, 2.24) is 0 Å². The lowest BCUT2D eigenvalue weighted by Crippen LogP contribution is -2.16. The molecule has 3 rings (SSSR count). The molecule has 3 nitrogen and oxygen atoms in total. The van der Waals surface area contributed by atoms with Crippen molar-refractivity contribution in [2.24, 2.45) is 0 Å². The largest absolute Gasteiger partial charge is 0.618 e. The minimum Gasteiger partial charge on any atom is -0.618 e. The second-order valence-electron chi connectivity index (χ2n) is 4.50. The number of ketones is 1. The molecule has 0 aliphatic carbocycles. The molecule has 0 unspecified atom stereocenters. The van der Waals surface area contributed by atoms with Crippen molar-refractivity contribution in [2.75, 3.05) is 0 Å². The van der Waals surface area contributed by atoms with Gasteiger partial charge in [-0.1, -0.05) is 29.3 Å². The summed E-state index contributed by atoms with van der Waals surface area (Å²) in [5, 5.41) is 12.7. The van der Waals surface area contributed by atoms with Gasteiger partial charge in [0.2, 0.25) is 5.69 Å². The molecule has 1 aliphatic rings. The summed E-state index contributed by atoms with van der Waals surface area (Å²) in [6.45, 7) is 1.95. The highest BCUT2D eigenvalue weighted by Gasteiger charge is 2.36. The predicted octanol–water partition coefficient (Wildman–Crippen LogP) is 3.48. The topological polar surface area (TPSA) is 43.1 Å². The van der Waals surface area contributed by atoms with E-state index in [1.807, 2.05) is 19.1 Å².